The van der Waals surface area contributed by atoms with E-state index in [1.54, 1.807) is 0 Å². The Kier molecular flexibility index (Phi) is 6.25. The van der Waals surface area contributed by atoms with Crippen molar-refractivity contribution in [2.75, 3.05) is 13.2 Å². The molecule has 4 N–H and O–H groups in total. The van der Waals surface area contributed by atoms with Crippen LogP contribution in [0.1, 0.15) is 24.3 Å². The molecule has 10 heteroatoms. The summed E-state index contributed by atoms with van der Waals surface area (Å²) in [5, 5.41) is 38.1. The molecule has 7 nitrogen and oxygen atoms in total. The molecule has 0 aliphatic carbocycles. The fourth-order valence-electron chi connectivity index (χ4n) is 2.70. The van der Waals surface area contributed by atoms with Crippen LogP contribution in [0.4, 0.5) is 13.2 Å². The Hall–Kier alpha value is -1.72. The highest BCUT2D eigenvalue weighted by molar-refractivity contribution is 5.74. The number of carbonyl (C=O) groups is 1. The lowest BCUT2D eigenvalue weighted by molar-refractivity contribution is -0.140. The molecule has 1 heterocycles. The molecule has 0 bridgehead atoms. The Morgan fingerprint density at radius 3 is 2.31 bits per heavy atom. The van der Waals surface area contributed by atoms with Crippen LogP contribution < -0.4 is 0 Å². The van der Waals surface area contributed by atoms with Gasteiger partial charge in [-0.1, -0.05) is 12.1 Å². The summed E-state index contributed by atoms with van der Waals surface area (Å²) >= 11 is 0. The van der Waals surface area contributed by atoms with Gasteiger partial charge in [0, 0.05) is 12.5 Å². The zero-order valence-corrected chi connectivity index (χ0v) is 13.8. The van der Waals surface area contributed by atoms with E-state index in [0.29, 0.717) is 0 Å². The summed E-state index contributed by atoms with van der Waals surface area (Å²) in [5.41, 5.74) is -0.591. The van der Waals surface area contributed by atoms with Crippen LogP contribution in [0, 0.1) is 0 Å². The highest BCUT2D eigenvalue weighted by atomic mass is 19.4. The number of aliphatic hydroxyl groups excluding tert-OH is 4. The summed E-state index contributed by atoms with van der Waals surface area (Å²) in [4.78, 5) is 13.0. The Balaban J connectivity index is 2.21. The van der Waals surface area contributed by atoms with E-state index in [4.69, 9.17) is 9.84 Å². The molecule has 1 amide bonds. The van der Waals surface area contributed by atoms with Gasteiger partial charge in [0.15, 0.2) is 6.23 Å². The van der Waals surface area contributed by atoms with Gasteiger partial charge in [-0.15, -0.1) is 0 Å². The third-order valence-electron chi connectivity index (χ3n) is 4.20. The number of alkyl halides is 3. The van der Waals surface area contributed by atoms with Gasteiger partial charge in [-0.05, 0) is 12.1 Å². The van der Waals surface area contributed by atoms with Crippen LogP contribution in [0.5, 0.6) is 0 Å². The second-order valence-electron chi connectivity index (χ2n) is 6.05. The quantitative estimate of drug-likeness (QED) is 0.575. The second-order valence-corrected chi connectivity index (χ2v) is 6.05. The van der Waals surface area contributed by atoms with E-state index in [1.165, 1.54) is 11.8 Å². The first-order valence-corrected chi connectivity index (χ1v) is 7.81. The Morgan fingerprint density at radius 2 is 1.85 bits per heavy atom. The minimum absolute atomic E-state index is 0.141. The van der Waals surface area contributed by atoms with E-state index in [0.717, 1.165) is 24.3 Å². The fourth-order valence-corrected chi connectivity index (χ4v) is 2.70. The minimum Gasteiger partial charge on any atom is -0.394 e. The van der Waals surface area contributed by atoms with Crippen LogP contribution in [0.3, 0.4) is 0 Å². The number of hydrogen-bond acceptors (Lipinski definition) is 6. The lowest BCUT2D eigenvalue weighted by Crippen LogP contribution is -2.47. The predicted molar refractivity (Wildman–Crippen MR) is 81.6 cm³/mol. The number of aliphatic hydroxyl groups is 4. The Bertz CT molecular complexity index is 623. The summed E-state index contributed by atoms with van der Waals surface area (Å²) in [6.45, 7) is 0.301. The molecule has 0 unspecified atom stereocenters. The lowest BCUT2D eigenvalue weighted by atomic mass is 10.0. The Morgan fingerprint density at radius 1 is 1.27 bits per heavy atom. The molecule has 0 saturated carbocycles. The zero-order chi connectivity index (χ0) is 19.6. The van der Waals surface area contributed by atoms with E-state index in [-0.39, 0.29) is 12.1 Å². The van der Waals surface area contributed by atoms with Crippen molar-refractivity contribution in [3.8, 4) is 0 Å². The Labute approximate surface area is 147 Å². The van der Waals surface area contributed by atoms with E-state index >= 15 is 0 Å². The maximum absolute atomic E-state index is 12.7. The van der Waals surface area contributed by atoms with E-state index in [1.807, 2.05) is 0 Å². The first kappa shape index (κ1) is 20.6. The van der Waals surface area contributed by atoms with Gasteiger partial charge < -0.3 is 30.1 Å². The zero-order valence-electron chi connectivity index (χ0n) is 13.8. The largest absolute Gasteiger partial charge is 0.416 e. The molecule has 2 rings (SSSR count). The van der Waals surface area contributed by atoms with Crippen molar-refractivity contribution in [2.45, 2.75) is 43.7 Å². The number of ether oxygens (including phenoxy) is 1. The molecule has 1 aliphatic heterocycles. The summed E-state index contributed by atoms with van der Waals surface area (Å²) in [7, 11) is 0. The number of benzene rings is 1. The van der Waals surface area contributed by atoms with Gasteiger partial charge in [-0.2, -0.15) is 13.2 Å². The van der Waals surface area contributed by atoms with Gasteiger partial charge in [0.05, 0.1) is 18.7 Å². The monoisotopic (exact) mass is 379 g/mol. The van der Waals surface area contributed by atoms with Crippen molar-refractivity contribution in [3.05, 3.63) is 35.4 Å². The number of rotatable bonds is 5. The summed E-state index contributed by atoms with van der Waals surface area (Å²) < 4.78 is 43.5. The van der Waals surface area contributed by atoms with E-state index < -0.39 is 54.9 Å². The molecule has 1 aliphatic rings. The highest BCUT2D eigenvalue weighted by Crippen LogP contribution is 2.35. The number of amides is 1. The molecule has 0 spiro atoms. The first-order chi connectivity index (χ1) is 12.1. The molecule has 5 atom stereocenters. The van der Waals surface area contributed by atoms with E-state index in [9.17, 15) is 33.3 Å². The first-order valence-electron chi connectivity index (χ1n) is 7.81. The van der Waals surface area contributed by atoms with Crippen LogP contribution in [0.2, 0.25) is 0 Å². The number of hydrogen-bond donors (Lipinski definition) is 4. The normalized spacial score (nSPS) is 24.4. The van der Waals surface area contributed by atoms with Crippen LogP contribution >= 0.6 is 0 Å². The van der Waals surface area contributed by atoms with Gasteiger partial charge in [0.25, 0.3) is 0 Å². The maximum Gasteiger partial charge on any atom is 0.416 e. The molecule has 0 aromatic heterocycles. The molecule has 26 heavy (non-hydrogen) atoms. The molecule has 1 fully saturated rings. The fraction of sp³-hybridized carbons (Fsp3) is 0.562. The van der Waals surface area contributed by atoms with Crippen molar-refractivity contribution in [3.63, 3.8) is 0 Å². The minimum atomic E-state index is -4.50. The van der Waals surface area contributed by atoms with Gasteiger partial charge in [-0.3, -0.25) is 4.79 Å². The van der Waals surface area contributed by atoms with Crippen molar-refractivity contribution < 1.29 is 43.1 Å². The highest BCUT2D eigenvalue weighted by Gasteiger charge is 2.42. The van der Waals surface area contributed by atoms with Crippen molar-refractivity contribution in [2.24, 2.45) is 0 Å². The topological polar surface area (TPSA) is 110 Å². The van der Waals surface area contributed by atoms with Gasteiger partial charge in [0.2, 0.25) is 5.91 Å². The molecular weight excluding hydrogens is 359 g/mol. The van der Waals surface area contributed by atoms with Crippen LogP contribution in [0.15, 0.2) is 24.3 Å². The summed E-state index contributed by atoms with van der Waals surface area (Å²) in [6, 6.07) is 4.03. The lowest BCUT2D eigenvalue weighted by Gasteiger charge is -2.25. The van der Waals surface area contributed by atoms with Crippen molar-refractivity contribution in [1.82, 2.24) is 4.90 Å². The second kappa shape index (κ2) is 7.89. The third-order valence-corrected chi connectivity index (χ3v) is 4.20. The summed E-state index contributed by atoms with van der Waals surface area (Å²) in [5.74, 6) is -0.443. The number of carbonyl (C=O) groups excluding carboxylic acids is 1. The SMILES string of the molecule is CC(=O)N1C[C@@H]([C@@H](O)[C@H](O)[C@H](O)CO)O[C@@H]1c1ccc(C(F)(F)F)cc1. The molecule has 0 radical (unpaired) electrons. The van der Waals surface area contributed by atoms with Gasteiger partial charge >= 0.3 is 6.18 Å². The van der Waals surface area contributed by atoms with Crippen molar-refractivity contribution in [1.29, 1.82) is 0 Å². The molecular formula is C16H20F3NO6. The van der Waals surface area contributed by atoms with E-state index in [2.05, 4.69) is 0 Å². The third kappa shape index (κ3) is 4.33. The van der Waals surface area contributed by atoms with Crippen LogP contribution in [0.25, 0.3) is 0 Å². The predicted octanol–water partition coefficient (Wildman–Crippen LogP) is 0.0263. The molecule has 1 saturated heterocycles. The smallest absolute Gasteiger partial charge is 0.394 e. The number of nitrogens with zero attached hydrogens (tertiary/aromatic N) is 1. The van der Waals surface area contributed by atoms with Gasteiger partial charge in [0.1, 0.15) is 24.4 Å². The summed E-state index contributed by atoms with van der Waals surface area (Å²) in [6.07, 6.45) is -11.6. The molecule has 146 valence electrons. The maximum atomic E-state index is 12.7. The standard InChI is InChI=1S/C16H20F3NO6/c1-8(22)20-6-12(14(25)13(24)11(23)7-21)26-15(20)9-2-4-10(5-3-9)16(17,18)19/h2-5,11-15,21,23-25H,6-7H2,1H3/t11-,12+,13-,14-,15-/m1/s1. The molecule has 1 aromatic rings. The van der Waals surface area contributed by atoms with Crippen LogP contribution in [-0.4, -0.2) is 68.8 Å². The van der Waals surface area contributed by atoms with Crippen LogP contribution in [-0.2, 0) is 15.7 Å². The average molecular weight is 379 g/mol. The average Bonchev–Trinajstić information content (AvgIpc) is 3.04. The number of halogens is 3. The molecule has 1 aromatic carbocycles. The van der Waals surface area contributed by atoms with Crippen molar-refractivity contribution >= 4 is 5.91 Å². The van der Waals surface area contributed by atoms with Gasteiger partial charge in [-0.25, -0.2) is 0 Å².